The minimum Gasteiger partial charge on any atom is -0.481 e. The third kappa shape index (κ3) is 3.74. The number of benzene rings is 1. The Morgan fingerprint density at radius 3 is 2.57 bits per heavy atom. The molecule has 0 bridgehead atoms. The lowest BCUT2D eigenvalue weighted by Gasteiger charge is -2.23. The summed E-state index contributed by atoms with van der Waals surface area (Å²) < 4.78 is 13.2. The van der Waals surface area contributed by atoms with Crippen LogP contribution in [-0.4, -0.2) is 28.5 Å². The van der Waals surface area contributed by atoms with Gasteiger partial charge in [-0.25, -0.2) is 0 Å². The van der Waals surface area contributed by atoms with Gasteiger partial charge in [-0.2, -0.15) is 4.39 Å². The molecular formula is C13H15FN2O5. The maximum absolute atomic E-state index is 13.2. The monoisotopic (exact) mass is 298 g/mol. The van der Waals surface area contributed by atoms with E-state index < -0.39 is 33.7 Å². The van der Waals surface area contributed by atoms with Crippen LogP contribution in [-0.2, 0) is 4.79 Å². The summed E-state index contributed by atoms with van der Waals surface area (Å²) in [5.41, 5.74) is -2.05. The van der Waals surface area contributed by atoms with Gasteiger partial charge in [-0.3, -0.25) is 19.7 Å². The van der Waals surface area contributed by atoms with Gasteiger partial charge in [-0.1, -0.05) is 6.92 Å². The highest BCUT2D eigenvalue weighted by Crippen LogP contribution is 2.21. The van der Waals surface area contributed by atoms with Gasteiger partial charge in [-0.15, -0.1) is 0 Å². The zero-order valence-electron chi connectivity index (χ0n) is 11.6. The van der Waals surface area contributed by atoms with Crippen molar-refractivity contribution in [3.8, 4) is 0 Å². The standard InChI is InChI=1S/C13H15FN2O5/c1-3-13(2,12(18)19)7-15-11(17)8-4-5-9(14)10(6-8)16(20)21/h4-6H,3,7H2,1-2H3,(H,15,17)(H,18,19). The number of hydrogen-bond acceptors (Lipinski definition) is 4. The second-order valence-electron chi connectivity index (χ2n) is 4.83. The highest BCUT2D eigenvalue weighted by Gasteiger charge is 2.31. The average molecular weight is 298 g/mol. The fourth-order valence-electron chi connectivity index (χ4n) is 1.52. The predicted molar refractivity (Wildman–Crippen MR) is 71.4 cm³/mol. The van der Waals surface area contributed by atoms with Crippen LogP contribution in [0.5, 0.6) is 0 Å². The van der Waals surface area contributed by atoms with Crippen LogP contribution in [0.2, 0.25) is 0 Å². The van der Waals surface area contributed by atoms with E-state index in [1.807, 2.05) is 0 Å². The van der Waals surface area contributed by atoms with Crippen molar-refractivity contribution in [1.29, 1.82) is 0 Å². The fraction of sp³-hybridized carbons (Fsp3) is 0.385. The first kappa shape index (κ1) is 16.5. The van der Waals surface area contributed by atoms with Crippen LogP contribution in [0.1, 0.15) is 30.6 Å². The van der Waals surface area contributed by atoms with Crippen molar-refractivity contribution in [3.05, 3.63) is 39.7 Å². The van der Waals surface area contributed by atoms with Gasteiger partial charge < -0.3 is 10.4 Å². The highest BCUT2D eigenvalue weighted by molar-refractivity contribution is 5.95. The second-order valence-corrected chi connectivity index (χ2v) is 4.83. The normalized spacial score (nSPS) is 13.3. The predicted octanol–water partition coefficient (Wildman–Crippen LogP) is 1.96. The van der Waals surface area contributed by atoms with E-state index in [4.69, 9.17) is 5.11 Å². The molecule has 1 aromatic rings. The third-order valence-electron chi connectivity index (χ3n) is 3.34. The summed E-state index contributed by atoms with van der Waals surface area (Å²) in [4.78, 5) is 32.6. The summed E-state index contributed by atoms with van der Waals surface area (Å²) >= 11 is 0. The largest absolute Gasteiger partial charge is 0.481 e. The molecule has 114 valence electrons. The van der Waals surface area contributed by atoms with Crippen molar-refractivity contribution in [1.82, 2.24) is 5.32 Å². The lowest BCUT2D eigenvalue weighted by atomic mass is 9.87. The number of carboxylic acids is 1. The lowest BCUT2D eigenvalue weighted by molar-refractivity contribution is -0.387. The summed E-state index contributed by atoms with van der Waals surface area (Å²) in [6.07, 6.45) is 0.298. The number of nitro groups is 1. The van der Waals surface area contributed by atoms with Gasteiger partial charge in [0.15, 0.2) is 0 Å². The molecule has 1 unspecified atom stereocenters. The molecular weight excluding hydrogens is 283 g/mol. The average Bonchev–Trinajstić information content (AvgIpc) is 2.44. The molecule has 21 heavy (non-hydrogen) atoms. The summed E-state index contributed by atoms with van der Waals surface area (Å²) in [6, 6.07) is 2.74. The number of nitrogens with zero attached hydrogens (tertiary/aromatic N) is 1. The minimum atomic E-state index is -1.14. The number of carbonyl (C=O) groups is 2. The van der Waals surface area contributed by atoms with Crippen LogP contribution >= 0.6 is 0 Å². The molecule has 0 heterocycles. The molecule has 2 N–H and O–H groups in total. The lowest BCUT2D eigenvalue weighted by Crippen LogP contribution is -2.40. The van der Waals surface area contributed by atoms with Gasteiger partial charge in [0.2, 0.25) is 5.82 Å². The van der Waals surface area contributed by atoms with E-state index in [1.165, 1.54) is 6.92 Å². The number of aliphatic carboxylic acids is 1. The van der Waals surface area contributed by atoms with Gasteiger partial charge in [0.25, 0.3) is 5.91 Å². The van der Waals surface area contributed by atoms with Gasteiger partial charge >= 0.3 is 11.7 Å². The maximum Gasteiger partial charge on any atom is 0.311 e. The van der Waals surface area contributed by atoms with E-state index in [0.29, 0.717) is 6.42 Å². The minimum absolute atomic E-state index is 0.105. The molecule has 0 aliphatic carbocycles. The van der Waals surface area contributed by atoms with Crippen molar-refractivity contribution in [2.75, 3.05) is 6.54 Å². The zero-order valence-corrected chi connectivity index (χ0v) is 11.6. The summed E-state index contributed by atoms with van der Waals surface area (Å²) in [6.45, 7) is 3.01. The summed E-state index contributed by atoms with van der Waals surface area (Å²) in [5.74, 6) is -2.80. The van der Waals surface area contributed by atoms with E-state index in [0.717, 1.165) is 18.2 Å². The molecule has 0 spiro atoms. The van der Waals surface area contributed by atoms with Crippen LogP contribution in [0.3, 0.4) is 0 Å². The van der Waals surface area contributed by atoms with E-state index in [9.17, 15) is 24.1 Å². The summed E-state index contributed by atoms with van der Waals surface area (Å²) in [5, 5.41) is 22.1. The Hall–Kier alpha value is -2.51. The molecule has 1 amide bonds. The first-order chi connectivity index (χ1) is 9.71. The smallest absolute Gasteiger partial charge is 0.311 e. The van der Waals surface area contributed by atoms with E-state index in [2.05, 4.69) is 5.32 Å². The molecule has 0 fully saturated rings. The molecule has 0 aliphatic heterocycles. The topological polar surface area (TPSA) is 110 Å². The Bertz CT molecular complexity index is 590. The number of rotatable bonds is 6. The number of nitrogens with one attached hydrogen (secondary N) is 1. The number of nitro benzene ring substituents is 1. The van der Waals surface area contributed by atoms with Crippen LogP contribution in [0, 0.1) is 21.3 Å². The van der Waals surface area contributed by atoms with Crippen LogP contribution < -0.4 is 5.32 Å². The summed E-state index contributed by atoms with van der Waals surface area (Å²) in [7, 11) is 0. The number of carboxylic acid groups (broad SMARTS) is 1. The molecule has 1 atom stereocenters. The Morgan fingerprint density at radius 1 is 1.48 bits per heavy atom. The molecule has 8 heteroatoms. The number of amides is 1. The number of hydrogen-bond donors (Lipinski definition) is 2. The van der Waals surface area contributed by atoms with Crippen LogP contribution in [0.15, 0.2) is 18.2 Å². The van der Waals surface area contributed by atoms with Crippen molar-refractivity contribution in [2.45, 2.75) is 20.3 Å². The molecule has 0 aromatic heterocycles. The molecule has 1 aromatic carbocycles. The van der Waals surface area contributed by atoms with E-state index in [1.54, 1.807) is 6.92 Å². The zero-order chi connectivity index (χ0) is 16.2. The van der Waals surface area contributed by atoms with Crippen molar-refractivity contribution < 1.29 is 24.0 Å². The first-order valence-corrected chi connectivity index (χ1v) is 6.17. The number of carbonyl (C=O) groups excluding carboxylic acids is 1. The second kappa shape index (κ2) is 6.29. The molecule has 1 rings (SSSR count). The Labute approximate surface area is 119 Å². The SMILES string of the molecule is CCC(C)(CNC(=O)c1ccc(F)c([N+](=O)[O-])c1)C(=O)O. The Kier molecular flexibility index (Phi) is 4.96. The fourth-order valence-corrected chi connectivity index (χ4v) is 1.52. The van der Waals surface area contributed by atoms with Gasteiger partial charge in [0.05, 0.1) is 10.3 Å². The van der Waals surface area contributed by atoms with Crippen LogP contribution in [0.25, 0.3) is 0 Å². The molecule has 7 nitrogen and oxygen atoms in total. The van der Waals surface area contributed by atoms with Gasteiger partial charge in [-0.05, 0) is 25.5 Å². The van der Waals surface area contributed by atoms with Gasteiger partial charge in [0.1, 0.15) is 0 Å². The highest BCUT2D eigenvalue weighted by atomic mass is 19.1. The molecule has 0 radical (unpaired) electrons. The van der Waals surface area contributed by atoms with Crippen molar-refractivity contribution in [2.24, 2.45) is 5.41 Å². The first-order valence-electron chi connectivity index (χ1n) is 6.17. The van der Waals surface area contributed by atoms with Gasteiger partial charge in [0, 0.05) is 18.2 Å². The van der Waals surface area contributed by atoms with E-state index in [-0.39, 0.29) is 12.1 Å². The maximum atomic E-state index is 13.2. The van der Waals surface area contributed by atoms with Crippen LogP contribution in [0.4, 0.5) is 10.1 Å². The third-order valence-corrected chi connectivity index (χ3v) is 3.34. The quantitative estimate of drug-likeness (QED) is 0.616. The number of halogens is 1. The Morgan fingerprint density at radius 2 is 2.10 bits per heavy atom. The molecule has 0 saturated carbocycles. The van der Waals surface area contributed by atoms with Crippen molar-refractivity contribution >= 4 is 17.6 Å². The van der Waals surface area contributed by atoms with E-state index >= 15 is 0 Å². The molecule has 0 saturated heterocycles. The molecule has 0 aliphatic rings. The van der Waals surface area contributed by atoms with Crippen molar-refractivity contribution in [3.63, 3.8) is 0 Å². The Balaban J connectivity index is 2.88.